The molecule has 3 aromatic rings. The van der Waals surface area contributed by atoms with Gasteiger partial charge in [0.05, 0.1) is 5.92 Å². The van der Waals surface area contributed by atoms with Gasteiger partial charge in [0.15, 0.2) is 5.79 Å². The Morgan fingerprint density at radius 1 is 0.727 bits per heavy atom. The van der Waals surface area contributed by atoms with E-state index in [1.165, 1.54) is 6.08 Å². The van der Waals surface area contributed by atoms with E-state index in [1.54, 1.807) is 6.08 Å². The molecular weight excluding hydrogens is 272 g/mol. The zero-order valence-corrected chi connectivity index (χ0v) is 12.0. The summed E-state index contributed by atoms with van der Waals surface area (Å²) in [6.45, 7) is 0. The van der Waals surface area contributed by atoms with Crippen LogP contribution in [0.3, 0.4) is 0 Å². The lowest BCUT2D eigenvalue weighted by molar-refractivity contribution is -0.129. The maximum Gasteiger partial charge on any atom is 0.194 e. The number of hydrogen-bond donors (Lipinski definition) is 2. The summed E-state index contributed by atoms with van der Waals surface area (Å²) in [7, 11) is 0. The highest BCUT2D eigenvalue weighted by molar-refractivity contribution is 5.87. The van der Waals surface area contributed by atoms with Gasteiger partial charge in [0.1, 0.15) is 0 Å². The van der Waals surface area contributed by atoms with E-state index in [0.29, 0.717) is 0 Å². The van der Waals surface area contributed by atoms with Crippen LogP contribution in [0.4, 0.5) is 0 Å². The lowest BCUT2D eigenvalue weighted by Crippen LogP contribution is -2.36. The fraction of sp³-hybridized carbons (Fsp3) is 0.100. The standard InChI is InChI=1S/C20H16O2/c21-20(22)13-12-15-7-2-4-10-17(15)19(20)18-11-5-8-14-6-1-3-9-16(14)18/h1-13,19,21-22H. The molecule has 2 N–H and O–H groups in total. The van der Waals surface area contributed by atoms with Crippen LogP contribution in [0.5, 0.6) is 0 Å². The SMILES string of the molecule is OC1(O)C=Cc2ccccc2C1c1cccc2ccccc12. The molecule has 0 aliphatic heterocycles. The van der Waals surface area contributed by atoms with Crippen LogP contribution in [0, 0.1) is 0 Å². The van der Waals surface area contributed by atoms with Crippen LogP contribution in [0.1, 0.15) is 22.6 Å². The van der Waals surface area contributed by atoms with Crippen molar-refractivity contribution < 1.29 is 10.2 Å². The van der Waals surface area contributed by atoms with E-state index in [-0.39, 0.29) is 0 Å². The van der Waals surface area contributed by atoms with Crippen LogP contribution in [-0.2, 0) is 0 Å². The average molecular weight is 288 g/mol. The first-order valence-electron chi connectivity index (χ1n) is 7.37. The summed E-state index contributed by atoms with van der Waals surface area (Å²) in [6.07, 6.45) is 3.25. The van der Waals surface area contributed by atoms with Crippen molar-refractivity contribution in [2.75, 3.05) is 0 Å². The highest BCUT2D eigenvalue weighted by atomic mass is 16.5. The van der Waals surface area contributed by atoms with Gasteiger partial charge in [-0.25, -0.2) is 0 Å². The van der Waals surface area contributed by atoms with Crippen molar-refractivity contribution in [2.45, 2.75) is 11.7 Å². The maximum absolute atomic E-state index is 10.6. The smallest absolute Gasteiger partial charge is 0.194 e. The molecule has 0 aromatic heterocycles. The molecule has 0 bridgehead atoms. The predicted molar refractivity (Wildman–Crippen MR) is 88.4 cm³/mol. The summed E-state index contributed by atoms with van der Waals surface area (Å²) in [4.78, 5) is 0. The predicted octanol–water partition coefficient (Wildman–Crippen LogP) is 3.68. The molecule has 4 rings (SSSR count). The lowest BCUT2D eigenvalue weighted by atomic mass is 9.77. The van der Waals surface area contributed by atoms with Gasteiger partial charge in [-0.05, 0) is 33.5 Å². The van der Waals surface area contributed by atoms with Crippen LogP contribution in [0.2, 0.25) is 0 Å². The Balaban J connectivity index is 2.02. The van der Waals surface area contributed by atoms with E-state index in [2.05, 4.69) is 0 Å². The maximum atomic E-state index is 10.6. The summed E-state index contributed by atoms with van der Waals surface area (Å²) in [5.74, 6) is -2.39. The van der Waals surface area contributed by atoms with Gasteiger partial charge in [-0.3, -0.25) is 0 Å². The molecule has 22 heavy (non-hydrogen) atoms. The largest absolute Gasteiger partial charge is 0.362 e. The first-order chi connectivity index (χ1) is 10.7. The summed E-state index contributed by atoms with van der Waals surface area (Å²) >= 11 is 0. The molecule has 1 aliphatic rings. The Labute approximate surface area is 129 Å². The van der Waals surface area contributed by atoms with Crippen LogP contribution >= 0.6 is 0 Å². The first-order valence-corrected chi connectivity index (χ1v) is 7.37. The highest BCUT2D eigenvalue weighted by Gasteiger charge is 2.38. The van der Waals surface area contributed by atoms with Crippen molar-refractivity contribution in [3.63, 3.8) is 0 Å². The van der Waals surface area contributed by atoms with Crippen LogP contribution in [0.15, 0.2) is 72.8 Å². The normalized spacial score (nSPS) is 19.1. The molecule has 1 aliphatic carbocycles. The third-order valence-corrected chi connectivity index (χ3v) is 4.37. The molecule has 2 heteroatoms. The highest BCUT2D eigenvalue weighted by Crippen LogP contribution is 2.42. The van der Waals surface area contributed by atoms with E-state index in [0.717, 1.165) is 27.5 Å². The minimum absolute atomic E-state index is 0.500. The van der Waals surface area contributed by atoms with Crippen LogP contribution in [-0.4, -0.2) is 16.0 Å². The molecule has 0 saturated carbocycles. The average Bonchev–Trinajstić information content (AvgIpc) is 2.54. The lowest BCUT2D eigenvalue weighted by Gasteiger charge is -2.34. The molecule has 0 amide bonds. The van der Waals surface area contributed by atoms with Crippen molar-refractivity contribution in [2.24, 2.45) is 0 Å². The zero-order chi connectivity index (χ0) is 15.2. The number of rotatable bonds is 1. The van der Waals surface area contributed by atoms with Gasteiger partial charge in [-0.15, -0.1) is 0 Å². The van der Waals surface area contributed by atoms with Crippen molar-refractivity contribution in [1.29, 1.82) is 0 Å². The third-order valence-electron chi connectivity index (χ3n) is 4.37. The van der Waals surface area contributed by atoms with Gasteiger partial charge in [-0.1, -0.05) is 72.8 Å². The quantitative estimate of drug-likeness (QED) is 0.671. The van der Waals surface area contributed by atoms with Crippen LogP contribution in [0.25, 0.3) is 16.8 Å². The van der Waals surface area contributed by atoms with Crippen molar-refractivity contribution in [3.05, 3.63) is 89.5 Å². The second-order valence-corrected chi connectivity index (χ2v) is 5.75. The van der Waals surface area contributed by atoms with Gasteiger partial charge in [0.2, 0.25) is 0 Å². The molecule has 108 valence electrons. The first kappa shape index (κ1) is 13.3. The van der Waals surface area contributed by atoms with Crippen molar-refractivity contribution in [3.8, 4) is 0 Å². The van der Waals surface area contributed by atoms with Gasteiger partial charge in [0.25, 0.3) is 0 Å². The van der Waals surface area contributed by atoms with Gasteiger partial charge in [0, 0.05) is 0 Å². The van der Waals surface area contributed by atoms with E-state index < -0.39 is 11.7 Å². The topological polar surface area (TPSA) is 40.5 Å². The van der Waals surface area contributed by atoms with Crippen molar-refractivity contribution >= 4 is 16.8 Å². The second kappa shape index (κ2) is 4.80. The number of fused-ring (bicyclic) bond motifs is 2. The minimum Gasteiger partial charge on any atom is -0.362 e. The fourth-order valence-corrected chi connectivity index (χ4v) is 3.36. The minimum atomic E-state index is -1.89. The van der Waals surface area contributed by atoms with E-state index >= 15 is 0 Å². The van der Waals surface area contributed by atoms with Gasteiger partial charge < -0.3 is 10.2 Å². The molecule has 0 heterocycles. The molecule has 2 nitrogen and oxygen atoms in total. The Morgan fingerprint density at radius 2 is 1.41 bits per heavy atom. The molecule has 1 atom stereocenters. The Bertz CT molecular complexity index is 872. The second-order valence-electron chi connectivity index (χ2n) is 5.75. The van der Waals surface area contributed by atoms with Crippen LogP contribution < -0.4 is 0 Å². The Morgan fingerprint density at radius 3 is 2.32 bits per heavy atom. The summed E-state index contributed by atoms with van der Waals surface area (Å²) in [5.41, 5.74) is 2.89. The molecule has 3 aromatic carbocycles. The monoisotopic (exact) mass is 288 g/mol. The number of aliphatic hydroxyl groups is 2. The molecular formula is C20H16O2. The molecule has 1 unspecified atom stereocenters. The molecule has 0 radical (unpaired) electrons. The summed E-state index contributed by atoms with van der Waals surface area (Å²) in [6, 6.07) is 21.9. The molecule has 0 saturated heterocycles. The molecule has 0 spiro atoms. The van der Waals surface area contributed by atoms with Crippen molar-refractivity contribution in [1.82, 2.24) is 0 Å². The summed E-state index contributed by atoms with van der Waals surface area (Å²) < 4.78 is 0. The van der Waals surface area contributed by atoms with E-state index in [1.807, 2.05) is 66.7 Å². The molecule has 0 fully saturated rings. The fourth-order valence-electron chi connectivity index (χ4n) is 3.36. The van der Waals surface area contributed by atoms with E-state index in [9.17, 15) is 10.2 Å². The van der Waals surface area contributed by atoms with E-state index in [4.69, 9.17) is 0 Å². The third kappa shape index (κ3) is 1.97. The van der Waals surface area contributed by atoms with Gasteiger partial charge >= 0.3 is 0 Å². The van der Waals surface area contributed by atoms with Gasteiger partial charge in [-0.2, -0.15) is 0 Å². The zero-order valence-electron chi connectivity index (χ0n) is 12.0. The number of hydrogen-bond acceptors (Lipinski definition) is 2. The number of benzene rings is 3. The summed E-state index contributed by atoms with van der Waals surface area (Å²) in [5, 5.41) is 23.3. The Kier molecular flexibility index (Phi) is 2.89. The Hall–Kier alpha value is -2.42.